The van der Waals surface area contributed by atoms with Gasteiger partial charge in [-0.1, -0.05) is 12.1 Å². The number of carbonyl (C=O) groups is 3. The highest BCUT2D eigenvalue weighted by molar-refractivity contribution is 6.31. The van der Waals surface area contributed by atoms with Crippen molar-refractivity contribution in [3.8, 4) is 17.2 Å². The molecule has 5 unspecified atom stereocenters. The molecule has 1 heterocycles. The van der Waals surface area contributed by atoms with Gasteiger partial charge < -0.3 is 34.6 Å². The summed E-state index contributed by atoms with van der Waals surface area (Å²) in [4.78, 5) is 42.2. The summed E-state index contributed by atoms with van der Waals surface area (Å²) in [6.07, 6.45) is -4.60. The predicted octanol–water partition coefficient (Wildman–Crippen LogP) is 1.81. The molecule has 0 radical (unpaired) electrons. The van der Waals surface area contributed by atoms with Gasteiger partial charge in [-0.15, -0.1) is 0 Å². The van der Waals surface area contributed by atoms with Crippen molar-refractivity contribution in [1.29, 1.82) is 0 Å². The minimum Gasteiger partial charge on any atom is -0.507 e. The number of hydrogen-bond donors (Lipinski definition) is 5. The minimum atomic E-state index is -2.01. The molecule has 5 N–H and O–H groups in total. The van der Waals surface area contributed by atoms with E-state index in [2.05, 4.69) is 4.84 Å². The first kappa shape index (κ1) is 27.5. The number of halogens is 1. The number of carbonyl (C=O) groups excluding carboxylic acids is 3. The summed E-state index contributed by atoms with van der Waals surface area (Å²) in [6, 6.07) is 3.81. The van der Waals surface area contributed by atoms with E-state index in [1.165, 1.54) is 32.2 Å². The van der Waals surface area contributed by atoms with E-state index in [1.54, 1.807) is 6.92 Å². The second kappa shape index (κ2) is 9.84. The Hall–Kier alpha value is -3.06. The quantitative estimate of drug-likeness (QED) is 0.227. The van der Waals surface area contributed by atoms with Gasteiger partial charge in [0.05, 0.1) is 48.2 Å². The van der Waals surface area contributed by atoms with E-state index in [0.29, 0.717) is 0 Å². The van der Waals surface area contributed by atoms with Crippen LogP contribution in [0.25, 0.3) is 0 Å². The molecule has 0 saturated carbocycles. The second-order valence-corrected chi connectivity index (χ2v) is 10.4. The van der Waals surface area contributed by atoms with E-state index in [1.807, 2.05) is 0 Å². The third kappa shape index (κ3) is 4.21. The van der Waals surface area contributed by atoms with Gasteiger partial charge in [-0.25, -0.2) is 4.84 Å². The maximum absolute atomic E-state index is 13.7. The molecular weight excluding hydrogens is 534 g/mol. The maximum atomic E-state index is 13.7. The van der Waals surface area contributed by atoms with Crippen LogP contribution in [0.5, 0.6) is 17.2 Å². The van der Waals surface area contributed by atoms with Gasteiger partial charge in [0.25, 0.3) is 0 Å². The molecule has 12 heteroatoms. The van der Waals surface area contributed by atoms with Gasteiger partial charge >= 0.3 is 0 Å². The molecule has 2 aliphatic carbocycles. The van der Waals surface area contributed by atoms with E-state index in [9.17, 15) is 34.8 Å². The lowest BCUT2D eigenvalue weighted by Gasteiger charge is -2.42. The SMILES string of the molecule is COc1cccc2c1C(=O)c1c(O)c3c(c(O)c1C2=O)CC(O)(C(C)=O)C[C@@H]3OC1CC(NCl)C(O)C(C)O1. The Balaban J connectivity index is 1.67. The third-order valence-corrected chi connectivity index (χ3v) is 8.17. The number of Topliss-reactive ketones (excluding diaryl/α,β-unsaturated/α-hetero) is 1. The number of rotatable bonds is 5. The number of aliphatic hydroxyl groups excluding tert-OH is 1. The third-order valence-electron chi connectivity index (χ3n) is 7.89. The molecule has 0 aromatic heterocycles. The van der Waals surface area contributed by atoms with E-state index < -0.39 is 82.6 Å². The Morgan fingerprint density at radius 1 is 1.15 bits per heavy atom. The maximum Gasteiger partial charge on any atom is 0.202 e. The predicted molar refractivity (Wildman–Crippen MR) is 135 cm³/mol. The molecule has 5 rings (SSSR count). The standard InChI is InChI=1S/C27H28ClNO10/c1-10-22(31)14(29-28)7-17(38-10)39-16-9-27(36,11(2)30)8-13-19(16)26(35)21-20(24(13)33)23(32)12-5-4-6-15(37-3)18(12)25(21)34/h4-6,10,14,16-17,22,29,31,33,35-36H,7-9H2,1-3H3/t10?,14?,16-,17?,22?,27?/m0/s1. The second-order valence-electron chi connectivity index (χ2n) is 10.2. The van der Waals surface area contributed by atoms with Crippen molar-refractivity contribution < 1.29 is 49.0 Å². The molecule has 11 nitrogen and oxygen atoms in total. The highest BCUT2D eigenvalue weighted by atomic mass is 35.5. The van der Waals surface area contributed by atoms with Crippen LogP contribution in [0.2, 0.25) is 0 Å². The molecule has 2 aromatic rings. The number of phenolic OH excluding ortho intramolecular Hbond substituents is 2. The average molecular weight is 562 g/mol. The lowest BCUT2D eigenvalue weighted by Crippen LogP contribution is -2.52. The van der Waals surface area contributed by atoms with Gasteiger partial charge in [-0.05, 0) is 31.7 Å². The van der Waals surface area contributed by atoms with Gasteiger partial charge in [-0.3, -0.25) is 14.4 Å². The average Bonchev–Trinajstić information content (AvgIpc) is 2.90. The van der Waals surface area contributed by atoms with Crippen molar-refractivity contribution in [3.05, 3.63) is 51.6 Å². The number of aliphatic hydroxyl groups is 2. The van der Waals surface area contributed by atoms with Crippen molar-refractivity contribution in [2.45, 2.75) is 69.4 Å². The van der Waals surface area contributed by atoms with Gasteiger partial charge in [0, 0.05) is 36.0 Å². The van der Waals surface area contributed by atoms with E-state index >= 15 is 0 Å². The Labute approximate surface area is 228 Å². The van der Waals surface area contributed by atoms with E-state index in [4.69, 9.17) is 26.0 Å². The van der Waals surface area contributed by atoms with Gasteiger partial charge in [0.15, 0.2) is 17.9 Å². The first-order valence-corrected chi connectivity index (χ1v) is 12.8. The molecule has 0 bridgehead atoms. The lowest BCUT2D eigenvalue weighted by atomic mass is 9.72. The van der Waals surface area contributed by atoms with Crippen molar-refractivity contribution >= 4 is 29.1 Å². The monoisotopic (exact) mass is 561 g/mol. The summed E-state index contributed by atoms with van der Waals surface area (Å²) in [5, 5.41) is 44.4. The molecule has 6 atom stereocenters. The van der Waals surface area contributed by atoms with Crippen molar-refractivity contribution in [3.63, 3.8) is 0 Å². The molecular formula is C27H28ClNO10. The smallest absolute Gasteiger partial charge is 0.202 e. The van der Waals surface area contributed by atoms with Crippen molar-refractivity contribution in [2.75, 3.05) is 7.11 Å². The van der Waals surface area contributed by atoms with Crippen LogP contribution in [0.3, 0.4) is 0 Å². The van der Waals surface area contributed by atoms with Crippen LogP contribution >= 0.6 is 11.8 Å². The Kier molecular flexibility index (Phi) is 6.94. The van der Waals surface area contributed by atoms with E-state index in [0.717, 1.165) is 0 Å². The Morgan fingerprint density at radius 3 is 2.49 bits per heavy atom. The minimum absolute atomic E-state index is 0.0188. The van der Waals surface area contributed by atoms with Crippen LogP contribution in [-0.4, -0.2) is 75.0 Å². The summed E-state index contributed by atoms with van der Waals surface area (Å²) >= 11 is 5.78. The first-order chi connectivity index (χ1) is 18.4. The number of benzene rings is 2. The van der Waals surface area contributed by atoms with Crippen molar-refractivity contribution in [1.82, 2.24) is 4.84 Å². The zero-order valence-corrected chi connectivity index (χ0v) is 22.1. The summed E-state index contributed by atoms with van der Waals surface area (Å²) < 4.78 is 17.2. The molecule has 208 valence electrons. The number of ketones is 3. The zero-order valence-electron chi connectivity index (χ0n) is 21.4. The topological polar surface area (TPSA) is 172 Å². The highest BCUT2D eigenvalue weighted by Gasteiger charge is 2.49. The molecule has 39 heavy (non-hydrogen) atoms. The van der Waals surface area contributed by atoms with Gasteiger partial charge in [0.1, 0.15) is 22.8 Å². The van der Waals surface area contributed by atoms with Crippen LogP contribution in [0.15, 0.2) is 18.2 Å². The Morgan fingerprint density at radius 2 is 1.85 bits per heavy atom. The van der Waals surface area contributed by atoms with Crippen molar-refractivity contribution in [2.24, 2.45) is 0 Å². The molecule has 1 fully saturated rings. The van der Waals surface area contributed by atoms with Crippen LogP contribution in [0.4, 0.5) is 0 Å². The number of nitrogens with one attached hydrogen (secondary N) is 1. The molecule has 1 aliphatic heterocycles. The van der Waals surface area contributed by atoms with Crippen LogP contribution in [0.1, 0.15) is 75.8 Å². The molecule has 0 spiro atoms. The fourth-order valence-electron chi connectivity index (χ4n) is 5.73. The van der Waals surface area contributed by atoms with Crippen LogP contribution < -0.4 is 9.57 Å². The number of hydrogen-bond acceptors (Lipinski definition) is 11. The molecule has 3 aliphatic rings. The molecule has 2 aromatic carbocycles. The zero-order chi connectivity index (χ0) is 28.4. The summed E-state index contributed by atoms with van der Waals surface area (Å²) in [5.74, 6) is -3.21. The largest absolute Gasteiger partial charge is 0.507 e. The Bertz CT molecular complexity index is 1390. The normalized spacial score (nSPS) is 29.8. The fourth-order valence-corrected chi connectivity index (χ4v) is 5.95. The number of ether oxygens (including phenoxy) is 3. The fraction of sp³-hybridized carbons (Fsp3) is 0.444. The number of aromatic hydroxyl groups is 2. The number of methoxy groups -OCH3 is 1. The highest BCUT2D eigenvalue weighted by Crippen LogP contribution is 2.52. The van der Waals surface area contributed by atoms with E-state index in [-0.39, 0.29) is 40.8 Å². The first-order valence-electron chi connectivity index (χ1n) is 12.4. The van der Waals surface area contributed by atoms with Gasteiger partial charge in [-0.2, -0.15) is 0 Å². The van der Waals surface area contributed by atoms with Crippen LogP contribution in [-0.2, 0) is 20.7 Å². The summed E-state index contributed by atoms with van der Waals surface area (Å²) in [5.41, 5.74) is -3.09. The van der Waals surface area contributed by atoms with Crippen LogP contribution in [0, 0.1) is 0 Å². The molecule has 0 amide bonds. The molecule has 1 saturated heterocycles. The summed E-state index contributed by atoms with van der Waals surface area (Å²) in [7, 11) is 1.34. The number of phenols is 2. The lowest BCUT2D eigenvalue weighted by molar-refractivity contribution is -0.248. The number of fused-ring (bicyclic) bond motifs is 3. The summed E-state index contributed by atoms with van der Waals surface area (Å²) in [6.45, 7) is 2.79. The van der Waals surface area contributed by atoms with Gasteiger partial charge in [0.2, 0.25) is 5.78 Å².